The molecular formula is C10H18N6O2S. The molecular weight excluding hydrogens is 268 g/mol. The third kappa shape index (κ3) is 4.16. The Balaban J connectivity index is 2.10. The second kappa shape index (κ2) is 7.43. The lowest BCUT2D eigenvalue weighted by molar-refractivity contribution is 0.122. The molecule has 0 spiro atoms. The van der Waals surface area contributed by atoms with Crippen LogP contribution >= 0.6 is 11.8 Å². The summed E-state index contributed by atoms with van der Waals surface area (Å²) in [6.45, 7) is 3.56. The number of hydrazine groups is 1. The molecule has 0 radical (unpaired) electrons. The Morgan fingerprint density at radius 2 is 2.16 bits per heavy atom. The largest absolute Gasteiger partial charge is 0.384 e. The number of nitrogens with one attached hydrogen (secondary N) is 1. The van der Waals surface area contributed by atoms with Crippen molar-refractivity contribution < 1.29 is 9.47 Å². The summed E-state index contributed by atoms with van der Waals surface area (Å²) in [5.74, 6) is 7.18. The highest BCUT2D eigenvalue weighted by Gasteiger charge is 2.16. The van der Waals surface area contributed by atoms with E-state index in [4.69, 9.17) is 15.3 Å². The van der Waals surface area contributed by atoms with Crippen molar-refractivity contribution in [1.82, 2.24) is 15.0 Å². The Hall–Kier alpha value is -1.16. The lowest BCUT2D eigenvalue weighted by Crippen LogP contribution is -2.37. The van der Waals surface area contributed by atoms with E-state index in [2.05, 4.69) is 25.3 Å². The summed E-state index contributed by atoms with van der Waals surface area (Å²) in [5, 5.41) is 0.640. The molecule has 0 aliphatic carbocycles. The van der Waals surface area contributed by atoms with Crippen LogP contribution in [0.4, 0.5) is 11.9 Å². The summed E-state index contributed by atoms with van der Waals surface area (Å²) < 4.78 is 10.3. The van der Waals surface area contributed by atoms with E-state index in [1.807, 2.05) is 0 Å². The standard InChI is InChI=1S/C10H18N6O2S/c1-17-6-7-19-10-13-8(15-11)12-9(14-10)16-2-4-18-5-3-16/h2-7,11H2,1H3,(H,12,13,14,15). The molecule has 0 bridgehead atoms. The Labute approximate surface area is 116 Å². The van der Waals surface area contributed by atoms with Gasteiger partial charge < -0.3 is 14.4 Å². The van der Waals surface area contributed by atoms with Gasteiger partial charge in [-0.2, -0.15) is 15.0 Å². The number of anilines is 2. The van der Waals surface area contributed by atoms with Crippen LogP contribution < -0.4 is 16.2 Å². The lowest BCUT2D eigenvalue weighted by Gasteiger charge is -2.26. The number of ether oxygens (including phenoxy) is 2. The van der Waals surface area contributed by atoms with Crippen LogP contribution in [0.25, 0.3) is 0 Å². The highest BCUT2D eigenvalue weighted by atomic mass is 32.2. The van der Waals surface area contributed by atoms with Crippen LogP contribution in [0.3, 0.4) is 0 Å². The minimum absolute atomic E-state index is 0.372. The number of nitrogen functional groups attached to an aromatic ring is 1. The number of morpholine rings is 1. The SMILES string of the molecule is COCCSc1nc(NN)nc(N2CCOCC2)n1. The first-order valence-electron chi connectivity index (χ1n) is 6.00. The Morgan fingerprint density at radius 3 is 2.84 bits per heavy atom. The molecule has 0 amide bonds. The summed E-state index contributed by atoms with van der Waals surface area (Å²) in [5.41, 5.74) is 2.47. The molecule has 0 unspecified atom stereocenters. The Kier molecular flexibility index (Phi) is 5.58. The van der Waals surface area contributed by atoms with Gasteiger partial charge in [-0.05, 0) is 0 Å². The molecule has 19 heavy (non-hydrogen) atoms. The first-order chi connectivity index (χ1) is 9.33. The number of nitrogens with two attached hydrogens (primary N) is 1. The summed E-state index contributed by atoms with van der Waals surface area (Å²) in [4.78, 5) is 15.0. The summed E-state index contributed by atoms with van der Waals surface area (Å²) in [7, 11) is 1.67. The van der Waals surface area contributed by atoms with Gasteiger partial charge in [0.05, 0.1) is 19.8 Å². The molecule has 2 rings (SSSR count). The van der Waals surface area contributed by atoms with Crippen molar-refractivity contribution in [1.29, 1.82) is 0 Å². The molecule has 1 saturated heterocycles. The molecule has 106 valence electrons. The maximum atomic E-state index is 5.39. The van der Waals surface area contributed by atoms with E-state index < -0.39 is 0 Å². The van der Waals surface area contributed by atoms with Crippen LogP contribution in [0, 0.1) is 0 Å². The van der Waals surface area contributed by atoms with Gasteiger partial charge in [0.2, 0.25) is 11.9 Å². The van der Waals surface area contributed by atoms with E-state index >= 15 is 0 Å². The second-order valence-corrected chi connectivity index (χ2v) is 4.89. The maximum Gasteiger partial charge on any atom is 0.242 e. The first-order valence-corrected chi connectivity index (χ1v) is 6.99. The van der Waals surface area contributed by atoms with E-state index in [1.165, 1.54) is 11.8 Å². The predicted molar refractivity (Wildman–Crippen MR) is 73.3 cm³/mol. The van der Waals surface area contributed by atoms with Gasteiger partial charge in [-0.3, -0.25) is 5.43 Å². The van der Waals surface area contributed by atoms with Gasteiger partial charge in [0.25, 0.3) is 0 Å². The van der Waals surface area contributed by atoms with Crippen molar-refractivity contribution in [3.05, 3.63) is 0 Å². The number of hydrogen-bond acceptors (Lipinski definition) is 9. The van der Waals surface area contributed by atoms with Crippen LogP contribution in [0.15, 0.2) is 5.16 Å². The monoisotopic (exact) mass is 286 g/mol. The summed E-state index contributed by atoms with van der Waals surface area (Å²) in [6.07, 6.45) is 0. The number of thioether (sulfide) groups is 1. The van der Waals surface area contributed by atoms with Crippen molar-refractivity contribution in [3.8, 4) is 0 Å². The molecule has 1 fully saturated rings. The number of methoxy groups -OCH3 is 1. The van der Waals surface area contributed by atoms with E-state index in [0.29, 0.717) is 36.9 Å². The van der Waals surface area contributed by atoms with Crippen molar-refractivity contribution >= 4 is 23.7 Å². The molecule has 1 aromatic rings. The van der Waals surface area contributed by atoms with E-state index in [1.54, 1.807) is 7.11 Å². The quantitative estimate of drug-likeness (QED) is 0.317. The van der Waals surface area contributed by atoms with Gasteiger partial charge in [-0.1, -0.05) is 11.8 Å². The molecule has 2 heterocycles. The number of aromatic nitrogens is 3. The van der Waals surface area contributed by atoms with Crippen molar-refractivity contribution in [2.24, 2.45) is 5.84 Å². The average Bonchev–Trinajstić information content (AvgIpc) is 2.48. The zero-order chi connectivity index (χ0) is 13.5. The van der Waals surface area contributed by atoms with Crippen molar-refractivity contribution in [2.75, 3.05) is 56.1 Å². The average molecular weight is 286 g/mol. The maximum absolute atomic E-state index is 5.39. The van der Waals surface area contributed by atoms with E-state index in [9.17, 15) is 0 Å². The van der Waals surface area contributed by atoms with Gasteiger partial charge in [-0.25, -0.2) is 5.84 Å². The molecule has 1 aromatic heterocycles. The summed E-state index contributed by atoms with van der Waals surface area (Å²) >= 11 is 1.51. The fourth-order valence-electron chi connectivity index (χ4n) is 1.60. The second-order valence-electron chi connectivity index (χ2n) is 3.83. The molecule has 8 nitrogen and oxygen atoms in total. The smallest absolute Gasteiger partial charge is 0.242 e. The topological polar surface area (TPSA) is 98.4 Å². The van der Waals surface area contributed by atoms with Crippen LogP contribution in [0.1, 0.15) is 0 Å². The van der Waals surface area contributed by atoms with Gasteiger partial charge in [0.1, 0.15) is 0 Å². The normalized spacial score (nSPS) is 15.6. The Morgan fingerprint density at radius 1 is 1.37 bits per heavy atom. The fraction of sp³-hybridized carbons (Fsp3) is 0.700. The van der Waals surface area contributed by atoms with Gasteiger partial charge in [-0.15, -0.1) is 0 Å². The minimum Gasteiger partial charge on any atom is -0.384 e. The molecule has 0 saturated carbocycles. The van der Waals surface area contributed by atoms with Gasteiger partial charge >= 0.3 is 0 Å². The van der Waals surface area contributed by atoms with Gasteiger partial charge in [0, 0.05) is 26.0 Å². The number of rotatable bonds is 6. The molecule has 1 aliphatic rings. The number of nitrogens with zero attached hydrogens (tertiary/aromatic N) is 4. The van der Waals surface area contributed by atoms with Crippen LogP contribution in [0.2, 0.25) is 0 Å². The number of hydrogen-bond donors (Lipinski definition) is 2. The van der Waals surface area contributed by atoms with Crippen molar-refractivity contribution in [2.45, 2.75) is 5.16 Å². The Bertz CT molecular complexity index is 402. The molecule has 0 atom stereocenters. The molecule has 1 aliphatic heterocycles. The highest BCUT2D eigenvalue weighted by molar-refractivity contribution is 7.99. The van der Waals surface area contributed by atoms with Crippen LogP contribution in [-0.2, 0) is 9.47 Å². The van der Waals surface area contributed by atoms with Crippen LogP contribution in [-0.4, -0.2) is 60.7 Å². The molecule has 0 aromatic carbocycles. The predicted octanol–water partition coefficient (Wildman–Crippen LogP) is -0.268. The summed E-state index contributed by atoms with van der Waals surface area (Å²) in [6, 6.07) is 0. The molecule has 3 N–H and O–H groups in total. The zero-order valence-corrected chi connectivity index (χ0v) is 11.7. The fourth-order valence-corrected chi connectivity index (χ4v) is 2.33. The van der Waals surface area contributed by atoms with Crippen LogP contribution in [0.5, 0.6) is 0 Å². The zero-order valence-electron chi connectivity index (χ0n) is 10.8. The van der Waals surface area contributed by atoms with Gasteiger partial charge in [0.15, 0.2) is 5.16 Å². The van der Waals surface area contributed by atoms with E-state index in [-0.39, 0.29) is 0 Å². The lowest BCUT2D eigenvalue weighted by atomic mass is 10.4. The first kappa shape index (κ1) is 14.3. The van der Waals surface area contributed by atoms with Crippen molar-refractivity contribution in [3.63, 3.8) is 0 Å². The third-order valence-corrected chi connectivity index (χ3v) is 3.36. The third-order valence-electron chi connectivity index (χ3n) is 2.54. The molecule has 9 heteroatoms. The minimum atomic E-state index is 0.372. The van der Waals surface area contributed by atoms with E-state index in [0.717, 1.165) is 18.8 Å². The highest BCUT2D eigenvalue weighted by Crippen LogP contribution is 2.18.